The van der Waals surface area contributed by atoms with Gasteiger partial charge in [-0.3, -0.25) is 4.79 Å². The summed E-state index contributed by atoms with van der Waals surface area (Å²) >= 11 is 0. The number of ether oxygens (including phenoxy) is 3. The minimum atomic E-state index is -0.213. The molecule has 23 heavy (non-hydrogen) atoms. The van der Waals surface area contributed by atoms with E-state index >= 15 is 0 Å². The molecule has 0 radical (unpaired) electrons. The van der Waals surface area contributed by atoms with E-state index < -0.39 is 0 Å². The van der Waals surface area contributed by atoms with Crippen LogP contribution in [0.1, 0.15) is 57.9 Å². The Balaban J connectivity index is 1.70. The van der Waals surface area contributed by atoms with Crippen molar-refractivity contribution in [2.75, 3.05) is 13.2 Å². The number of ketones is 1. The van der Waals surface area contributed by atoms with Gasteiger partial charge in [-0.05, 0) is 57.2 Å². The summed E-state index contributed by atoms with van der Waals surface area (Å²) in [7, 11) is 0. The number of rotatable bonds is 8. The summed E-state index contributed by atoms with van der Waals surface area (Å²) in [5.41, 5.74) is 1.31. The van der Waals surface area contributed by atoms with Gasteiger partial charge in [-0.25, -0.2) is 0 Å². The van der Waals surface area contributed by atoms with Crippen molar-refractivity contribution in [3.05, 3.63) is 29.8 Å². The van der Waals surface area contributed by atoms with E-state index in [1.54, 1.807) is 0 Å². The lowest BCUT2D eigenvalue weighted by molar-refractivity contribution is -0.154. The number of carbonyl (C=O) groups is 1. The Bertz CT molecular complexity index is 471. The Morgan fingerprint density at radius 1 is 1.04 bits per heavy atom. The number of hydrogen-bond acceptors (Lipinski definition) is 4. The third-order valence-corrected chi connectivity index (χ3v) is 4.06. The van der Waals surface area contributed by atoms with Gasteiger partial charge in [0.15, 0.2) is 6.29 Å². The van der Waals surface area contributed by atoms with Crippen molar-refractivity contribution in [2.24, 2.45) is 0 Å². The third-order valence-electron chi connectivity index (χ3n) is 4.06. The average molecular weight is 320 g/mol. The summed E-state index contributed by atoms with van der Waals surface area (Å²) in [4.78, 5) is 11.3. The van der Waals surface area contributed by atoms with E-state index in [1.165, 1.54) is 5.56 Å². The molecule has 1 aliphatic rings. The van der Waals surface area contributed by atoms with Crippen LogP contribution in [0.4, 0.5) is 0 Å². The number of carbonyl (C=O) groups excluding carboxylic acids is 1. The van der Waals surface area contributed by atoms with E-state index in [0.29, 0.717) is 24.9 Å². The van der Waals surface area contributed by atoms with Gasteiger partial charge in [0, 0.05) is 12.8 Å². The first-order valence-electron chi connectivity index (χ1n) is 8.56. The van der Waals surface area contributed by atoms with E-state index in [2.05, 4.69) is 12.1 Å². The molecule has 4 nitrogen and oxygen atoms in total. The van der Waals surface area contributed by atoms with Crippen molar-refractivity contribution in [3.8, 4) is 5.75 Å². The lowest BCUT2D eigenvalue weighted by Crippen LogP contribution is -2.20. The lowest BCUT2D eigenvalue weighted by atomic mass is 9.83. The second-order valence-electron chi connectivity index (χ2n) is 6.35. The molecule has 128 valence electrons. The predicted molar refractivity (Wildman–Crippen MR) is 89.8 cm³/mol. The van der Waals surface area contributed by atoms with Gasteiger partial charge < -0.3 is 14.2 Å². The van der Waals surface area contributed by atoms with E-state index in [4.69, 9.17) is 14.2 Å². The summed E-state index contributed by atoms with van der Waals surface area (Å²) in [6, 6.07) is 8.22. The summed E-state index contributed by atoms with van der Waals surface area (Å²) in [6.45, 7) is 6.87. The third kappa shape index (κ3) is 6.32. The van der Waals surface area contributed by atoms with Gasteiger partial charge in [0.2, 0.25) is 0 Å². The van der Waals surface area contributed by atoms with Gasteiger partial charge in [-0.15, -0.1) is 0 Å². The molecule has 1 aromatic carbocycles. The second-order valence-corrected chi connectivity index (χ2v) is 6.35. The zero-order valence-corrected chi connectivity index (χ0v) is 14.4. The highest BCUT2D eigenvalue weighted by molar-refractivity contribution is 5.79. The first-order chi connectivity index (χ1) is 11.0. The number of Topliss-reactive ketones (excluding diaryl/α,β-unsaturated/α-hetero) is 1. The normalized spacial score (nSPS) is 17.5. The summed E-state index contributed by atoms with van der Waals surface area (Å²) in [5.74, 6) is 1.76. The van der Waals surface area contributed by atoms with Crippen LogP contribution in [-0.2, 0) is 14.3 Å². The first-order valence-corrected chi connectivity index (χ1v) is 8.56. The fourth-order valence-electron chi connectivity index (χ4n) is 2.91. The molecule has 1 saturated carbocycles. The molecule has 0 aromatic heterocycles. The first kappa shape index (κ1) is 18.0. The van der Waals surface area contributed by atoms with Gasteiger partial charge in [-0.2, -0.15) is 0 Å². The van der Waals surface area contributed by atoms with Crippen molar-refractivity contribution in [3.63, 3.8) is 0 Å². The predicted octanol–water partition coefficient (Wildman–Crippen LogP) is 4.08. The van der Waals surface area contributed by atoms with Crippen LogP contribution in [0.25, 0.3) is 0 Å². The Morgan fingerprint density at radius 2 is 1.70 bits per heavy atom. The molecule has 1 atom stereocenters. The fourth-order valence-corrected chi connectivity index (χ4v) is 2.91. The topological polar surface area (TPSA) is 44.8 Å². The summed E-state index contributed by atoms with van der Waals surface area (Å²) in [5, 5.41) is 0. The van der Waals surface area contributed by atoms with Gasteiger partial charge in [-0.1, -0.05) is 12.1 Å². The van der Waals surface area contributed by atoms with Gasteiger partial charge >= 0.3 is 0 Å². The zero-order chi connectivity index (χ0) is 16.7. The number of benzene rings is 1. The van der Waals surface area contributed by atoms with Crippen LogP contribution >= 0.6 is 0 Å². The molecule has 1 aromatic rings. The second kappa shape index (κ2) is 9.04. The lowest BCUT2D eigenvalue weighted by Gasteiger charge is -2.21. The maximum atomic E-state index is 11.3. The molecule has 0 N–H and O–H groups in total. The maximum Gasteiger partial charge on any atom is 0.155 e. The molecule has 2 rings (SSSR count). The molecule has 0 amide bonds. The molecule has 0 saturated heterocycles. The highest BCUT2D eigenvalue weighted by Gasteiger charge is 2.19. The molecule has 1 unspecified atom stereocenters. The Hall–Kier alpha value is -1.39. The van der Waals surface area contributed by atoms with Crippen molar-refractivity contribution in [1.82, 2.24) is 0 Å². The Labute approximate surface area is 139 Å². The van der Waals surface area contributed by atoms with Gasteiger partial charge in [0.05, 0.1) is 12.7 Å². The molecule has 1 aliphatic carbocycles. The smallest absolute Gasteiger partial charge is 0.155 e. The van der Waals surface area contributed by atoms with Crippen LogP contribution in [-0.4, -0.2) is 31.4 Å². The molecule has 4 heteroatoms. The molecule has 1 fully saturated rings. The minimum Gasteiger partial charge on any atom is -0.491 e. The Morgan fingerprint density at radius 3 is 2.30 bits per heavy atom. The van der Waals surface area contributed by atoms with Crippen LogP contribution in [0.15, 0.2) is 24.3 Å². The van der Waals surface area contributed by atoms with Crippen LogP contribution < -0.4 is 4.74 Å². The summed E-state index contributed by atoms with van der Waals surface area (Å²) in [6.07, 6.45) is 3.33. The largest absolute Gasteiger partial charge is 0.491 e. The van der Waals surface area contributed by atoms with Crippen LogP contribution in [0.3, 0.4) is 0 Å². The van der Waals surface area contributed by atoms with Crippen molar-refractivity contribution in [1.29, 1.82) is 0 Å². The van der Waals surface area contributed by atoms with Crippen molar-refractivity contribution >= 4 is 5.78 Å². The number of hydrogen-bond donors (Lipinski definition) is 0. The monoisotopic (exact) mass is 320 g/mol. The van der Waals surface area contributed by atoms with E-state index in [1.807, 2.05) is 32.9 Å². The highest BCUT2D eigenvalue weighted by Crippen LogP contribution is 2.31. The standard InChI is InChI=1S/C19H28O4/c1-14(2)23-15(3)21-12-13-22-19-10-6-17(7-11-19)16-4-8-18(20)9-5-16/h6-7,10-11,14-16H,4-5,8-9,12-13H2,1-3H3. The quantitative estimate of drug-likeness (QED) is 0.535. The molecule has 0 heterocycles. The zero-order valence-electron chi connectivity index (χ0n) is 14.4. The molecule has 0 aliphatic heterocycles. The van der Waals surface area contributed by atoms with Crippen LogP contribution in [0.5, 0.6) is 5.75 Å². The molecular weight excluding hydrogens is 292 g/mol. The highest BCUT2D eigenvalue weighted by atomic mass is 16.7. The minimum absolute atomic E-state index is 0.161. The molecule has 0 bridgehead atoms. The van der Waals surface area contributed by atoms with Gasteiger partial charge in [0.1, 0.15) is 18.1 Å². The van der Waals surface area contributed by atoms with Crippen molar-refractivity contribution < 1.29 is 19.0 Å². The SMILES string of the molecule is CC(C)OC(C)OCCOc1ccc(C2CCC(=O)CC2)cc1. The fraction of sp³-hybridized carbons (Fsp3) is 0.632. The van der Waals surface area contributed by atoms with Crippen molar-refractivity contribution in [2.45, 2.75) is 64.8 Å². The average Bonchev–Trinajstić information content (AvgIpc) is 2.52. The van der Waals surface area contributed by atoms with Crippen LogP contribution in [0, 0.1) is 0 Å². The van der Waals surface area contributed by atoms with E-state index in [0.717, 1.165) is 31.4 Å². The van der Waals surface area contributed by atoms with Crippen LogP contribution in [0.2, 0.25) is 0 Å². The molecular formula is C19H28O4. The van der Waals surface area contributed by atoms with Gasteiger partial charge in [0.25, 0.3) is 0 Å². The maximum absolute atomic E-state index is 11.3. The molecule has 0 spiro atoms. The van der Waals surface area contributed by atoms with E-state index in [-0.39, 0.29) is 12.4 Å². The summed E-state index contributed by atoms with van der Waals surface area (Å²) < 4.78 is 16.7. The van der Waals surface area contributed by atoms with E-state index in [9.17, 15) is 4.79 Å². The Kier molecular flexibility index (Phi) is 7.06.